The first-order valence-corrected chi connectivity index (χ1v) is 6.91. The number of phenols is 1. The van der Waals surface area contributed by atoms with Crippen LogP contribution in [0.15, 0.2) is 12.2 Å². The summed E-state index contributed by atoms with van der Waals surface area (Å²) in [5.41, 5.74) is 2.67. The quantitative estimate of drug-likeness (QED) is 0.664. The van der Waals surface area contributed by atoms with Gasteiger partial charge < -0.3 is 14.6 Å². The van der Waals surface area contributed by atoms with Crippen LogP contribution in [0.25, 0.3) is 0 Å². The van der Waals surface area contributed by atoms with Gasteiger partial charge in [0, 0.05) is 17.0 Å². The Kier molecular flexibility index (Phi) is 3.16. The molecule has 1 N–H and O–H groups in total. The number of hydrogen-bond donors (Lipinski definition) is 1. The molecule has 4 nitrogen and oxygen atoms in total. The van der Waals surface area contributed by atoms with Gasteiger partial charge in [-0.1, -0.05) is 12.2 Å². The first-order chi connectivity index (χ1) is 9.65. The van der Waals surface area contributed by atoms with Crippen LogP contribution < -0.4 is 4.74 Å². The molecule has 3 rings (SSSR count). The molecule has 0 radical (unpaired) electrons. The fourth-order valence-corrected chi connectivity index (χ4v) is 3.18. The lowest BCUT2D eigenvalue weighted by molar-refractivity contribution is 0.0533. The number of cyclic esters (lactones) is 1. The fourth-order valence-electron chi connectivity index (χ4n) is 3.18. The summed E-state index contributed by atoms with van der Waals surface area (Å²) < 4.78 is 10.6. The second kappa shape index (κ2) is 4.85. The topological polar surface area (TPSA) is 55.8 Å². The summed E-state index contributed by atoms with van der Waals surface area (Å²) in [5.74, 6) is 0.359. The summed E-state index contributed by atoms with van der Waals surface area (Å²) in [6, 6.07) is 0. The van der Waals surface area contributed by atoms with Crippen LogP contribution in [0.3, 0.4) is 0 Å². The number of ether oxygens (including phenoxy) is 2. The second-order valence-electron chi connectivity index (χ2n) is 5.32. The molecule has 1 aliphatic heterocycles. The van der Waals surface area contributed by atoms with E-state index >= 15 is 0 Å². The summed E-state index contributed by atoms with van der Waals surface area (Å²) in [6.45, 7) is 2.12. The maximum atomic E-state index is 11.8. The van der Waals surface area contributed by atoms with Gasteiger partial charge in [0.15, 0.2) is 0 Å². The van der Waals surface area contributed by atoms with Crippen molar-refractivity contribution in [3.8, 4) is 11.5 Å². The number of phenolic OH excluding ortho intramolecular Hbond substituents is 1. The Balaban J connectivity index is 2.25. The molecule has 0 fully saturated rings. The van der Waals surface area contributed by atoms with Gasteiger partial charge in [-0.2, -0.15) is 0 Å². The van der Waals surface area contributed by atoms with Gasteiger partial charge in [-0.15, -0.1) is 0 Å². The molecule has 0 bridgehead atoms. The Labute approximate surface area is 118 Å². The number of carbonyl (C=O) groups is 1. The molecule has 0 amide bonds. The van der Waals surface area contributed by atoms with E-state index in [1.165, 1.54) is 0 Å². The van der Waals surface area contributed by atoms with Crippen LogP contribution in [-0.4, -0.2) is 18.2 Å². The monoisotopic (exact) mass is 274 g/mol. The summed E-state index contributed by atoms with van der Waals surface area (Å²) in [4.78, 5) is 11.8. The van der Waals surface area contributed by atoms with Crippen LogP contribution in [-0.2, 0) is 11.3 Å². The van der Waals surface area contributed by atoms with E-state index in [4.69, 9.17) is 9.47 Å². The Morgan fingerprint density at radius 2 is 2.25 bits per heavy atom. The molecule has 0 saturated heterocycles. The number of esters is 1. The minimum atomic E-state index is -0.440. The Morgan fingerprint density at radius 3 is 2.90 bits per heavy atom. The van der Waals surface area contributed by atoms with Gasteiger partial charge in [-0.25, -0.2) is 4.79 Å². The third-order valence-electron chi connectivity index (χ3n) is 4.21. The molecular formula is C16H18O4. The van der Waals surface area contributed by atoms with Crippen LogP contribution >= 0.6 is 0 Å². The number of fused-ring (bicyclic) bond motifs is 1. The van der Waals surface area contributed by atoms with Gasteiger partial charge in [0.1, 0.15) is 23.7 Å². The Hall–Kier alpha value is -1.97. The molecular weight excluding hydrogens is 256 g/mol. The van der Waals surface area contributed by atoms with E-state index in [1.54, 1.807) is 7.11 Å². The van der Waals surface area contributed by atoms with Gasteiger partial charge in [0.2, 0.25) is 0 Å². The van der Waals surface area contributed by atoms with Crippen molar-refractivity contribution < 1.29 is 19.4 Å². The van der Waals surface area contributed by atoms with Crippen molar-refractivity contribution in [3.05, 3.63) is 34.4 Å². The van der Waals surface area contributed by atoms with E-state index in [9.17, 15) is 9.90 Å². The third kappa shape index (κ3) is 1.79. The fraction of sp³-hybridized carbons (Fsp3) is 0.438. The van der Waals surface area contributed by atoms with Crippen molar-refractivity contribution in [1.82, 2.24) is 0 Å². The Morgan fingerprint density at radius 1 is 1.45 bits per heavy atom. The third-order valence-corrected chi connectivity index (χ3v) is 4.21. The van der Waals surface area contributed by atoms with Crippen molar-refractivity contribution in [2.24, 2.45) is 0 Å². The van der Waals surface area contributed by atoms with Crippen LogP contribution in [0.4, 0.5) is 0 Å². The summed E-state index contributed by atoms with van der Waals surface area (Å²) in [6.07, 6.45) is 7.30. The lowest BCUT2D eigenvalue weighted by Crippen LogP contribution is -2.08. The molecule has 20 heavy (non-hydrogen) atoms. The maximum Gasteiger partial charge on any atom is 0.342 e. The van der Waals surface area contributed by atoms with Gasteiger partial charge in [-0.3, -0.25) is 0 Å². The van der Waals surface area contributed by atoms with E-state index < -0.39 is 5.97 Å². The van der Waals surface area contributed by atoms with Crippen molar-refractivity contribution in [3.63, 3.8) is 0 Å². The molecule has 0 aromatic heterocycles. The van der Waals surface area contributed by atoms with Gasteiger partial charge in [-0.05, 0) is 31.7 Å². The highest BCUT2D eigenvalue weighted by Gasteiger charge is 2.34. The van der Waals surface area contributed by atoms with Crippen molar-refractivity contribution in [2.45, 2.75) is 38.7 Å². The van der Waals surface area contributed by atoms with Crippen molar-refractivity contribution >= 4 is 5.97 Å². The number of carbonyl (C=O) groups excluding carboxylic acids is 1. The minimum absolute atomic E-state index is 0.0292. The lowest BCUT2D eigenvalue weighted by Gasteiger charge is -2.23. The van der Waals surface area contributed by atoms with E-state index in [1.807, 2.05) is 6.92 Å². The zero-order valence-electron chi connectivity index (χ0n) is 11.7. The van der Waals surface area contributed by atoms with Gasteiger partial charge in [0.05, 0.1) is 7.11 Å². The van der Waals surface area contributed by atoms with Crippen molar-refractivity contribution in [2.75, 3.05) is 7.11 Å². The normalized spacial score (nSPS) is 20.7. The van der Waals surface area contributed by atoms with Gasteiger partial charge >= 0.3 is 5.97 Å². The largest absolute Gasteiger partial charge is 0.507 e. The SMILES string of the molecule is COc1c(C)c2c(c(O)c1C1C=CCCC1)C(=O)OC2. The number of allylic oxidation sites excluding steroid dienone is 2. The van der Waals surface area contributed by atoms with E-state index in [0.29, 0.717) is 11.3 Å². The van der Waals surface area contributed by atoms with E-state index in [2.05, 4.69) is 12.2 Å². The van der Waals surface area contributed by atoms with E-state index in [-0.39, 0.29) is 18.3 Å². The molecule has 1 unspecified atom stereocenters. The van der Waals surface area contributed by atoms with Crippen LogP contribution in [0.1, 0.15) is 52.2 Å². The summed E-state index contributed by atoms with van der Waals surface area (Å²) in [7, 11) is 1.60. The molecule has 106 valence electrons. The number of methoxy groups -OCH3 is 1. The number of hydrogen-bond acceptors (Lipinski definition) is 4. The molecule has 0 saturated carbocycles. The second-order valence-corrected chi connectivity index (χ2v) is 5.32. The molecule has 1 aromatic rings. The smallest absolute Gasteiger partial charge is 0.342 e. The van der Waals surface area contributed by atoms with Crippen LogP contribution in [0.5, 0.6) is 11.5 Å². The first-order valence-electron chi connectivity index (χ1n) is 6.91. The minimum Gasteiger partial charge on any atom is -0.507 e. The summed E-state index contributed by atoms with van der Waals surface area (Å²) >= 11 is 0. The van der Waals surface area contributed by atoms with Crippen molar-refractivity contribution in [1.29, 1.82) is 0 Å². The zero-order chi connectivity index (χ0) is 14.3. The number of aromatic hydroxyl groups is 1. The standard InChI is InChI=1S/C16H18O4/c1-9-11-8-20-16(18)13(11)14(17)12(15(9)19-2)10-6-4-3-5-7-10/h4,6,10,17H,3,5,7-8H2,1-2H3. The predicted molar refractivity (Wildman–Crippen MR) is 74.2 cm³/mol. The molecule has 1 aromatic carbocycles. The highest BCUT2D eigenvalue weighted by atomic mass is 16.5. The number of rotatable bonds is 2. The molecule has 4 heteroatoms. The summed E-state index contributed by atoms with van der Waals surface area (Å²) in [5, 5.41) is 10.6. The molecule has 0 spiro atoms. The van der Waals surface area contributed by atoms with E-state index in [0.717, 1.165) is 36.0 Å². The highest BCUT2D eigenvalue weighted by molar-refractivity contribution is 5.98. The average molecular weight is 274 g/mol. The molecule has 2 aliphatic rings. The molecule has 1 atom stereocenters. The van der Waals surface area contributed by atoms with Gasteiger partial charge in [0.25, 0.3) is 0 Å². The lowest BCUT2D eigenvalue weighted by atomic mass is 9.84. The highest BCUT2D eigenvalue weighted by Crippen LogP contribution is 2.47. The van der Waals surface area contributed by atoms with Crippen LogP contribution in [0, 0.1) is 6.92 Å². The van der Waals surface area contributed by atoms with Crippen LogP contribution in [0.2, 0.25) is 0 Å². The Bertz CT molecular complexity index is 601. The molecule has 1 aliphatic carbocycles. The number of benzene rings is 1. The molecule has 1 heterocycles. The maximum absolute atomic E-state index is 11.8. The zero-order valence-corrected chi connectivity index (χ0v) is 11.7. The first kappa shape index (κ1) is 13.0. The predicted octanol–water partition coefficient (Wildman–Crippen LogP) is 3.20. The average Bonchev–Trinajstić information content (AvgIpc) is 2.86.